The van der Waals surface area contributed by atoms with Crippen molar-refractivity contribution < 1.29 is 14.9 Å². The van der Waals surface area contributed by atoms with Crippen LogP contribution in [-0.2, 0) is 4.74 Å². The molecule has 0 radical (unpaired) electrons. The summed E-state index contributed by atoms with van der Waals surface area (Å²) in [6, 6.07) is 0. The van der Waals surface area contributed by atoms with Crippen molar-refractivity contribution in [3.8, 4) is 0 Å². The van der Waals surface area contributed by atoms with Crippen LogP contribution in [0, 0.1) is 0 Å². The Labute approximate surface area is 61.6 Å². The van der Waals surface area contributed by atoms with E-state index in [0.717, 1.165) is 0 Å². The third-order valence-electron chi connectivity index (χ3n) is 1.67. The third-order valence-corrected chi connectivity index (χ3v) is 1.67. The molecule has 3 heteroatoms. The molecule has 0 atom stereocenters. The second-order valence-electron chi connectivity index (χ2n) is 2.29. The van der Waals surface area contributed by atoms with Gasteiger partial charge in [0.15, 0.2) is 0 Å². The molecule has 0 heterocycles. The van der Waals surface area contributed by atoms with Gasteiger partial charge in [-0.25, -0.2) is 0 Å². The van der Waals surface area contributed by atoms with Gasteiger partial charge in [0.05, 0.1) is 13.2 Å². The lowest BCUT2D eigenvalue weighted by atomic mass is 10.0. The second kappa shape index (κ2) is 4.66. The van der Waals surface area contributed by atoms with E-state index in [2.05, 4.69) is 0 Å². The number of aliphatic hydroxyl groups excluding tert-OH is 2. The van der Waals surface area contributed by atoms with E-state index < -0.39 is 5.60 Å². The Kier molecular flexibility index (Phi) is 4.60. The van der Waals surface area contributed by atoms with Crippen LogP contribution in [0.1, 0.15) is 20.3 Å². The molecule has 0 saturated heterocycles. The summed E-state index contributed by atoms with van der Waals surface area (Å²) in [7, 11) is 0. The number of ether oxygens (including phenoxy) is 1. The van der Waals surface area contributed by atoms with Gasteiger partial charge in [0.25, 0.3) is 0 Å². The molecule has 0 bridgehead atoms. The Bertz CT molecular complexity index is 70.7. The highest BCUT2D eigenvalue weighted by Gasteiger charge is 2.26. The molecule has 0 saturated carbocycles. The minimum absolute atomic E-state index is 0.117. The van der Waals surface area contributed by atoms with Gasteiger partial charge in [-0.15, -0.1) is 0 Å². The highest BCUT2D eigenvalue weighted by molar-refractivity contribution is 4.76. The van der Waals surface area contributed by atoms with E-state index in [1.165, 1.54) is 0 Å². The molecule has 2 N–H and O–H groups in total. The first-order chi connectivity index (χ1) is 4.74. The van der Waals surface area contributed by atoms with Gasteiger partial charge in [-0.2, -0.15) is 0 Å². The quantitative estimate of drug-likeness (QED) is 0.583. The van der Waals surface area contributed by atoms with Crippen molar-refractivity contribution in [3.63, 3.8) is 0 Å². The van der Waals surface area contributed by atoms with E-state index in [1.807, 2.05) is 13.8 Å². The molecule has 0 aromatic heterocycles. The Morgan fingerprint density at radius 2 is 1.70 bits per heavy atom. The van der Waals surface area contributed by atoms with Crippen LogP contribution in [0.3, 0.4) is 0 Å². The van der Waals surface area contributed by atoms with Gasteiger partial charge in [-0.05, 0) is 13.3 Å². The first-order valence-corrected chi connectivity index (χ1v) is 3.60. The van der Waals surface area contributed by atoms with E-state index >= 15 is 0 Å². The zero-order valence-electron chi connectivity index (χ0n) is 6.63. The maximum Gasteiger partial charge on any atom is 0.114 e. The first kappa shape index (κ1) is 9.88. The lowest BCUT2D eigenvalue weighted by Crippen LogP contribution is -2.40. The molecule has 0 unspecified atom stereocenters. The summed E-state index contributed by atoms with van der Waals surface area (Å²) in [6.07, 6.45) is 0.633. The van der Waals surface area contributed by atoms with Crippen LogP contribution < -0.4 is 0 Å². The van der Waals surface area contributed by atoms with Crippen molar-refractivity contribution in [2.75, 3.05) is 19.8 Å². The molecule has 3 nitrogen and oxygen atoms in total. The maximum atomic E-state index is 8.82. The summed E-state index contributed by atoms with van der Waals surface area (Å²) in [4.78, 5) is 0. The predicted molar refractivity (Wildman–Crippen MR) is 38.8 cm³/mol. The highest BCUT2D eigenvalue weighted by Crippen LogP contribution is 2.13. The summed E-state index contributed by atoms with van der Waals surface area (Å²) >= 11 is 0. The standard InChI is InChI=1S/C7H16O3/c1-3-7(5-8,6-9)10-4-2/h8-9H,3-6H2,1-2H3. The molecule has 0 rings (SSSR count). The number of hydrogen-bond acceptors (Lipinski definition) is 3. The average molecular weight is 148 g/mol. The van der Waals surface area contributed by atoms with Gasteiger partial charge in [-0.3, -0.25) is 0 Å². The molecule has 10 heavy (non-hydrogen) atoms. The summed E-state index contributed by atoms with van der Waals surface area (Å²) < 4.78 is 5.18. The molecule has 0 amide bonds. The van der Waals surface area contributed by atoms with E-state index in [0.29, 0.717) is 13.0 Å². The smallest absolute Gasteiger partial charge is 0.114 e. The highest BCUT2D eigenvalue weighted by atomic mass is 16.5. The van der Waals surface area contributed by atoms with Crippen molar-refractivity contribution in [3.05, 3.63) is 0 Å². The minimum atomic E-state index is -0.714. The maximum absolute atomic E-state index is 8.82. The number of rotatable bonds is 5. The van der Waals surface area contributed by atoms with Gasteiger partial charge in [-0.1, -0.05) is 6.92 Å². The average Bonchev–Trinajstić information content (AvgIpc) is 2.01. The topological polar surface area (TPSA) is 49.7 Å². The van der Waals surface area contributed by atoms with E-state index in [9.17, 15) is 0 Å². The predicted octanol–water partition coefficient (Wildman–Crippen LogP) is 0.156. The van der Waals surface area contributed by atoms with Gasteiger partial charge in [0.2, 0.25) is 0 Å². The van der Waals surface area contributed by atoms with Crippen LogP contribution in [0.25, 0.3) is 0 Å². The molecule has 0 aromatic carbocycles. The fraction of sp³-hybridized carbons (Fsp3) is 1.00. The van der Waals surface area contributed by atoms with Crippen LogP contribution in [0.4, 0.5) is 0 Å². The van der Waals surface area contributed by atoms with Gasteiger partial charge < -0.3 is 14.9 Å². The lowest BCUT2D eigenvalue weighted by Gasteiger charge is -2.27. The molecular weight excluding hydrogens is 132 g/mol. The summed E-state index contributed by atoms with van der Waals surface area (Å²) in [5.41, 5.74) is -0.714. The fourth-order valence-electron chi connectivity index (χ4n) is 0.773. The number of hydrogen-bond donors (Lipinski definition) is 2. The molecule has 0 aliphatic heterocycles. The van der Waals surface area contributed by atoms with Crippen molar-refractivity contribution in [1.82, 2.24) is 0 Å². The summed E-state index contributed by atoms with van der Waals surface area (Å²) in [5, 5.41) is 17.6. The molecule has 0 aliphatic carbocycles. The summed E-state index contributed by atoms with van der Waals surface area (Å²) in [6.45, 7) is 4.01. The number of aliphatic hydroxyl groups is 2. The van der Waals surface area contributed by atoms with Gasteiger partial charge in [0, 0.05) is 6.61 Å². The largest absolute Gasteiger partial charge is 0.393 e. The molecule has 0 aliphatic rings. The van der Waals surface area contributed by atoms with Crippen molar-refractivity contribution >= 4 is 0 Å². The molecule has 62 valence electrons. The van der Waals surface area contributed by atoms with Crippen LogP contribution in [0.5, 0.6) is 0 Å². The zero-order chi connectivity index (χ0) is 8.04. The van der Waals surface area contributed by atoms with E-state index in [-0.39, 0.29) is 13.2 Å². The molecular formula is C7H16O3. The Hall–Kier alpha value is -0.120. The van der Waals surface area contributed by atoms with Crippen molar-refractivity contribution in [2.45, 2.75) is 25.9 Å². The zero-order valence-corrected chi connectivity index (χ0v) is 6.63. The van der Waals surface area contributed by atoms with Crippen molar-refractivity contribution in [2.24, 2.45) is 0 Å². The molecule has 0 spiro atoms. The first-order valence-electron chi connectivity index (χ1n) is 3.60. The van der Waals surface area contributed by atoms with Gasteiger partial charge >= 0.3 is 0 Å². The molecule has 0 fully saturated rings. The Morgan fingerprint density at radius 3 is 1.80 bits per heavy atom. The fourth-order valence-corrected chi connectivity index (χ4v) is 0.773. The van der Waals surface area contributed by atoms with Crippen LogP contribution in [0.15, 0.2) is 0 Å². The van der Waals surface area contributed by atoms with E-state index in [1.54, 1.807) is 0 Å². The third kappa shape index (κ3) is 2.25. The minimum Gasteiger partial charge on any atom is -0.393 e. The van der Waals surface area contributed by atoms with E-state index in [4.69, 9.17) is 14.9 Å². The SMILES string of the molecule is CCOC(CC)(CO)CO. The van der Waals surface area contributed by atoms with Crippen LogP contribution in [-0.4, -0.2) is 35.6 Å². The van der Waals surface area contributed by atoms with Gasteiger partial charge in [0.1, 0.15) is 5.60 Å². The second-order valence-corrected chi connectivity index (χ2v) is 2.29. The lowest BCUT2D eigenvalue weighted by molar-refractivity contribution is -0.106. The summed E-state index contributed by atoms with van der Waals surface area (Å²) in [5.74, 6) is 0. The normalized spacial score (nSPS) is 12.0. The van der Waals surface area contributed by atoms with Crippen LogP contribution >= 0.6 is 0 Å². The van der Waals surface area contributed by atoms with Crippen molar-refractivity contribution in [1.29, 1.82) is 0 Å². The Balaban J connectivity index is 3.87. The Morgan fingerprint density at radius 1 is 1.20 bits per heavy atom. The molecule has 0 aromatic rings. The van der Waals surface area contributed by atoms with Crippen LogP contribution in [0.2, 0.25) is 0 Å². The monoisotopic (exact) mass is 148 g/mol.